The quantitative estimate of drug-likeness (QED) is 0.432. The van der Waals surface area contributed by atoms with Crippen LogP contribution in [-0.2, 0) is 24.3 Å². The van der Waals surface area contributed by atoms with Crippen molar-refractivity contribution in [2.24, 2.45) is 0 Å². The lowest BCUT2D eigenvalue weighted by atomic mass is 10.2. The summed E-state index contributed by atoms with van der Waals surface area (Å²) >= 11 is 0. The smallest absolute Gasteiger partial charge is 0.298 e. The largest absolute Gasteiger partial charge is 0.423 e. The fourth-order valence-corrected chi connectivity index (χ4v) is 3.79. The van der Waals surface area contributed by atoms with E-state index in [-0.39, 0.29) is 28.5 Å². The van der Waals surface area contributed by atoms with Crippen LogP contribution in [0.25, 0.3) is 10.9 Å². The molecule has 1 saturated carbocycles. The fraction of sp³-hybridized carbons (Fsp3) is 0.235. The summed E-state index contributed by atoms with van der Waals surface area (Å²) in [6.45, 7) is 5.26. The molecule has 0 radical (unpaired) electrons. The number of hydrogen-bond donors (Lipinski definition) is 2. The van der Waals surface area contributed by atoms with E-state index >= 15 is 0 Å². The minimum absolute atomic E-state index is 0.0975. The molecule has 2 aromatic rings. The second-order valence-corrected chi connectivity index (χ2v) is 7.99. The van der Waals surface area contributed by atoms with Gasteiger partial charge in [-0.3, -0.25) is 9.59 Å². The van der Waals surface area contributed by atoms with E-state index in [4.69, 9.17) is 0 Å². The molecule has 1 aliphatic carbocycles. The van der Waals surface area contributed by atoms with E-state index in [0.717, 1.165) is 12.8 Å². The zero-order chi connectivity index (χ0) is 18.9. The Morgan fingerprint density at radius 3 is 2.65 bits per heavy atom. The van der Waals surface area contributed by atoms with Crippen molar-refractivity contribution < 1.29 is 22.7 Å². The molecule has 0 atom stereocenters. The molecular formula is C17H17N3O5S. The molecule has 0 spiro atoms. The topological polar surface area (TPSA) is 114 Å². The van der Waals surface area contributed by atoms with Gasteiger partial charge in [0, 0.05) is 10.9 Å². The summed E-state index contributed by atoms with van der Waals surface area (Å²) in [7, 11) is -3.65. The Morgan fingerprint density at radius 2 is 2.00 bits per heavy atom. The van der Waals surface area contributed by atoms with Gasteiger partial charge in [-0.2, -0.15) is 0 Å². The Morgan fingerprint density at radius 1 is 1.31 bits per heavy atom. The first kappa shape index (κ1) is 18.0. The van der Waals surface area contributed by atoms with Gasteiger partial charge in [-0.25, -0.2) is 18.1 Å². The van der Waals surface area contributed by atoms with Gasteiger partial charge in [0.15, 0.2) is 5.76 Å². The van der Waals surface area contributed by atoms with Crippen LogP contribution in [0.15, 0.2) is 47.6 Å². The highest BCUT2D eigenvalue weighted by Crippen LogP contribution is 2.36. The Balaban J connectivity index is 1.87. The van der Waals surface area contributed by atoms with Gasteiger partial charge in [-0.05, 0) is 44.0 Å². The van der Waals surface area contributed by atoms with Crippen molar-refractivity contribution in [1.29, 1.82) is 0 Å². The summed E-state index contributed by atoms with van der Waals surface area (Å²) in [5.41, 5.74) is 0.0178. The van der Waals surface area contributed by atoms with Crippen molar-refractivity contribution in [3.63, 3.8) is 0 Å². The van der Waals surface area contributed by atoms with E-state index < -0.39 is 15.9 Å². The standard InChI is InChI=1S/C17H17N3O5S/c1-11(25-10-21)16(22)19-15-6-4-12-3-5-13(9-14(12)18-15)26(23,24)20-17(2)7-8-17/h3-6,9-10,20H,1,7-8H2,2H3,(H,18,19,22). The number of pyridine rings is 1. The number of benzene rings is 1. The average molecular weight is 375 g/mol. The number of ether oxygens (including phenoxy) is 1. The number of aromatic nitrogens is 1. The predicted molar refractivity (Wildman–Crippen MR) is 94.6 cm³/mol. The molecule has 0 saturated heterocycles. The van der Waals surface area contributed by atoms with Crippen molar-refractivity contribution in [1.82, 2.24) is 9.71 Å². The number of anilines is 1. The first-order valence-electron chi connectivity index (χ1n) is 7.78. The van der Waals surface area contributed by atoms with Crippen LogP contribution in [0.4, 0.5) is 5.82 Å². The third-order valence-electron chi connectivity index (χ3n) is 4.04. The molecule has 3 rings (SSSR count). The minimum Gasteiger partial charge on any atom is -0.423 e. The Kier molecular flexibility index (Phi) is 4.51. The second kappa shape index (κ2) is 6.50. The van der Waals surface area contributed by atoms with E-state index in [0.29, 0.717) is 10.9 Å². The lowest BCUT2D eigenvalue weighted by Crippen LogP contribution is -2.34. The van der Waals surface area contributed by atoms with Crippen LogP contribution < -0.4 is 10.0 Å². The summed E-state index contributed by atoms with van der Waals surface area (Å²) < 4.78 is 32.0. The van der Waals surface area contributed by atoms with Gasteiger partial charge in [-0.15, -0.1) is 0 Å². The van der Waals surface area contributed by atoms with Crippen LogP contribution in [0, 0.1) is 0 Å². The third kappa shape index (κ3) is 3.89. The lowest BCUT2D eigenvalue weighted by molar-refractivity contribution is -0.129. The van der Waals surface area contributed by atoms with E-state index in [9.17, 15) is 18.0 Å². The molecule has 1 fully saturated rings. The van der Waals surface area contributed by atoms with E-state index in [1.807, 2.05) is 6.92 Å². The summed E-state index contributed by atoms with van der Waals surface area (Å²) in [6, 6.07) is 7.83. The highest BCUT2D eigenvalue weighted by molar-refractivity contribution is 7.89. The number of sulfonamides is 1. The number of hydrogen-bond acceptors (Lipinski definition) is 6. The van der Waals surface area contributed by atoms with Crippen LogP contribution >= 0.6 is 0 Å². The van der Waals surface area contributed by atoms with Gasteiger partial charge in [-0.1, -0.05) is 12.6 Å². The summed E-state index contributed by atoms with van der Waals surface area (Å²) in [5.74, 6) is -0.925. The number of amides is 1. The second-order valence-electron chi connectivity index (χ2n) is 6.31. The first-order valence-corrected chi connectivity index (χ1v) is 9.26. The maximum atomic E-state index is 12.5. The van der Waals surface area contributed by atoms with Crippen LogP contribution in [0.3, 0.4) is 0 Å². The third-order valence-corrected chi connectivity index (χ3v) is 5.68. The number of carbonyl (C=O) groups excluding carboxylic acids is 2. The van der Waals surface area contributed by atoms with Gasteiger partial charge in [0.25, 0.3) is 12.4 Å². The van der Waals surface area contributed by atoms with E-state index in [2.05, 4.69) is 26.3 Å². The fourth-order valence-electron chi connectivity index (χ4n) is 2.30. The summed E-state index contributed by atoms with van der Waals surface area (Å²) in [5, 5.41) is 3.14. The van der Waals surface area contributed by atoms with Crippen LogP contribution in [0.1, 0.15) is 19.8 Å². The molecule has 9 heteroatoms. The highest BCUT2D eigenvalue weighted by atomic mass is 32.2. The molecule has 8 nitrogen and oxygen atoms in total. The Hall–Kier alpha value is -2.78. The SMILES string of the molecule is C=C(OC=O)C(=O)Nc1ccc2ccc(S(=O)(=O)NC3(C)CC3)cc2n1. The molecule has 26 heavy (non-hydrogen) atoms. The van der Waals surface area contributed by atoms with Crippen molar-refractivity contribution in [2.75, 3.05) is 5.32 Å². The molecule has 1 aromatic heterocycles. The molecular weight excluding hydrogens is 358 g/mol. The first-order chi connectivity index (χ1) is 12.2. The molecule has 1 aromatic carbocycles. The maximum absolute atomic E-state index is 12.5. The maximum Gasteiger partial charge on any atom is 0.298 e. The van der Waals surface area contributed by atoms with Gasteiger partial charge in [0.2, 0.25) is 10.0 Å². The Bertz CT molecular complexity index is 1010. The highest BCUT2D eigenvalue weighted by Gasteiger charge is 2.41. The molecule has 1 aliphatic rings. The van der Waals surface area contributed by atoms with Crippen LogP contribution in [0.2, 0.25) is 0 Å². The molecule has 1 amide bonds. The number of carbonyl (C=O) groups is 2. The zero-order valence-corrected chi connectivity index (χ0v) is 14.8. The van der Waals surface area contributed by atoms with Gasteiger partial charge < -0.3 is 10.1 Å². The Labute approximate surface area is 150 Å². The number of nitrogens with one attached hydrogen (secondary N) is 2. The number of rotatable bonds is 7. The minimum atomic E-state index is -3.65. The van der Waals surface area contributed by atoms with Gasteiger partial charge in [0.1, 0.15) is 5.82 Å². The summed E-state index contributed by atoms with van der Waals surface area (Å²) in [6.07, 6.45) is 1.61. The van der Waals surface area contributed by atoms with Crippen LogP contribution in [0.5, 0.6) is 0 Å². The van der Waals surface area contributed by atoms with Crippen LogP contribution in [-0.4, -0.2) is 31.3 Å². The normalized spacial score (nSPS) is 15.3. The molecule has 1 heterocycles. The van der Waals surface area contributed by atoms with Crippen molar-refractivity contribution in [3.05, 3.63) is 42.7 Å². The van der Waals surface area contributed by atoms with Crippen molar-refractivity contribution in [2.45, 2.75) is 30.2 Å². The lowest BCUT2D eigenvalue weighted by Gasteiger charge is -2.12. The molecule has 0 unspecified atom stereocenters. The van der Waals surface area contributed by atoms with Crippen molar-refractivity contribution >= 4 is 39.1 Å². The zero-order valence-electron chi connectivity index (χ0n) is 14.0. The molecule has 2 N–H and O–H groups in total. The molecule has 0 aliphatic heterocycles. The van der Waals surface area contributed by atoms with Crippen molar-refractivity contribution in [3.8, 4) is 0 Å². The predicted octanol–water partition coefficient (Wildman–Crippen LogP) is 1.69. The number of fused-ring (bicyclic) bond motifs is 1. The molecule has 136 valence electrons. The average Bonchev–Trinajstić information content (AvgIpc) is 3.30. The summed E-state index contributed by atoms with van der Waals surface area (Å²) in [4.78, 5) is 26.4. The monoisotopic (exact) mass is 375 g/mol. The molecule has 0 bridgehead atoms. The van der Waals surface area contributed by atoms with Gasteiger partial charge in [0.05, 0.1) is 10.4 Å². The number of nitrogens with zero attached hydrogens (tertiary/aromatic N) is 1. The van der Waals surface area contributed by atoms with Gasteiger partial charge >= 0.3 is 0 Å². The van der Waals surface area contributed by atoms with E-state index in [1.54, 1.807) is 18.2 Å². The van der Waals surface area contributed by atoms with E-state index in [1.165, 1.54) is 12.1 Å².